The second-order valence-corrected chi connectivity index (χ2v) is 7.56. The summed E-state index contributed by atoms with van der Waals surface area (Å²) in [5.74, 6) is -0.120. The zero-order valence-corrected chi connectivity index (χ0v) is 14.9. The van der Waals surface area contributed by atoms with E-state index in [2.05, 4.69) is 5.32 Å². The van der Waals surface area contributed by atoms with E-state index in [0.29, 0.717) is 16.1 Å². The van der Waals surface area contributed by atoms with Crippen LogP contribution in [-0.4, -0.2) is 11.7 Å². The molecule has 0 spiro atoms. The predicted molar refractivity (Wildman–Crippen MR) is 103 cm³/mol. The van der Waals surface area contributed by atoms with E-state index in [1.165, 1.54) is 11.8 Å². The van der Waals surface area contributed by atoms with Crippen LogP contribution in [0.5, 0.6) is 0 Å². The van der Waals surface area contributed by atoms with E-state index < -0.39 is 0 Å². The number of fused-ring (bicyclic) bond motifs is 2. The van der Waals surface area contributed by atoms with Crippen LogP contribution in [-0.2, 0) is 17.6 Å². The zero-order chi connectivity index (χ0) is 17.4. The van der Waals surface area contributed by atoms with Crippen molar-refractivity contribution in [2.24, 2.45) is 0 Å². The summed E-state index contributed by atoms with van der Waals surface area (Å²) in [6, 6.07) is 13.8. The first-order valence-corrected chi connectivity index (χ1v) is 9.41. The molecule has 3 nitrogen and oxygen atoms in total. The molecule has 1 aliphatic carbocycles. The molecule has 0 unspecified atom stereocenters. The second kappa shape index (κ2) is 6.45. The monoisotopic (exact) mass is 349 g/mol. The summed E-state index contributed by atoms with van der Waals surface area (Å²) in [7, 11) is 0. The van der Waals surface area contributed by atoms with Crippen molar-refractivity contribution >= 4 is 38.8 Å². The van der Waals surface area contributed by atoms with Crippen molar-refractivity contribution in [1.82, 2.24) is 0 Å². The number of carbonyl (C=O) groups is 2. The minimum absolute atomic E-state index is 0.0138. The van der Waals surface area contributed by atoms with Gasteiger partial charge in [0.15, 0.2) is 5.78 Å². The van der Waals surface area contributed by atoms with Crippen LogP contribution in [0.15, 0.2) is 42.5 Å². The van der Waals surface area contributed by atoms with Crippen molar-refractivity contribution in [1.29, 1.82) is 0 Å². The number of thiophene rings is 1. The third kappa shape index (κ3) is 2.87. The fourth-order valence-corrected chi connectivity index (χ4v) is 4.94. The molecule has 0 fully saturated rings. The van der Waals surface area contributed by atoms with Crippen LogP contribution >= 0.6 is 11.3 Å². The highest BCUT2D eigenvalue weighted by Crippen LogP contribution is 2.40. The van der Waals surface area contributed by atoms with E-state index in [-0.39, 0.29) is 11.7 Å². The number of amides is 1. The molecule has 0 radical (unpaired) electrons. The summed E-state index contributed by atoms with van der Waals surface area (Å²) in [4.78, 5) is 26.3. The molecule has 1 heterocycles. The molecule has 0 bridgehead atoms. The van der Waals surface area contributed by atoms with Crippen LogP contribution in [0.4, 0.5) is 5.00 Å². The number of benzene rings is 2. The quantitative estimate of drug-likeness (QED) is 0.679. The molecule has 0 aliphatic heterocycles. The van der Waals surface area contributed by atoms with Crippen LogP contribution < -0.4 is 5.32 Å². The Labute approximate surface area is 150 Å². The minimum atomic E-state index is -0.134. The maximum absolute atomic E-state index is 13.5. The highest BCUT2D eigenvalue weighted by molar-refractivity contribution is 7.17. The summed E-state index contributed by atoms with van der Waals surface area (Å²) in [6.45, 7) is 1.49. The maximum atomic E-state index is 13.5. The smallest absolute Gasteiger partial charge is 0.221 e. The molecule has 4 rings (SSSR count). The molecule has 0 saturated heterocycles. The van der Waals surface area contributed by atoms with Gasteiger partial charge in [0.05, 0.1) is 5.56 Å². The maximum Gasteiger partial charge on any atom is 0.221 e. The molecule has 25 heavy (non-hydrogen) atoms. The molecule has 0 saturated carbocycles. The lowest BCUT2D eigenvalue weighted by atomic mass is 9.90. The standard InChI is InChI=1S/C21H19NO2S/c1-13(23)22-21-19(17-10-4-5-12-18(17)25-21)20(24)16-11-6-8-14-7-2-3-9-15(14)16/h2-3,6-9,11H,4-5,10,12H2,1H3,(H,22,23). The van der Waals surface area contributed by atoms with Crippen molar-refractivity contribution in [3.8, 4) is 0 Å². The van der Waals surface area contributed by atoms with Crippen LogP contribution in [0.1, 0.15) is 46.1 Å². The van der Waals surface area contributed by atoms with Crippen LogP contribution in [0.25, 0.3) is 10.8 Å². The van der Waals surface area contributed by atoms with Gasteiger partial charge in [0.2, 0.25) is 5.91 Å². The first-order valence-electron chi connectivity index (χ1n) is 8.59. The van der Waals surface area contributed by atoms with Crippen molar-refractivity contribution < 1.29 is 9.59 Å². The Balaban J connectivity index is 1.89. The SMILES string of the molecule is CC(=O)Nc1sc2c(c1C(=O)c1cccc3ccccc13)CCCC2. The fourth-order valence-electron chi connectivity index (χ4n) is 3.61. The van der Waals surface area contributed by atoms with Gasteiger partial charge in [-0.25, -0.2) is 0 Å². The highest BCUT2D eigenvalue weighted by Gasteiger charge is 2.27. The number of nitrogens with one attached hydrogen (secondary N) is 1. The summed E-state index contributed by atoms with van der Waals surface area (Å²) in [5.41, 5.74) is 2.54. The molecule has 1 amide bonds. The van der Waals surface area contributed by atoms with Crippen molar-refractivity contribution in [3.63, 3.8) is 0 Å². The van der Waals surface area contributed by atoms with Gasteiger partial charge >= 0.3 is 0 Å². The predicted octanol–water partition coefficient (Wildman–Crippen LogP) is 4.97. The molecule has 126 valence electrons. The number of aryl methyl sites for hydroxylation is 1. The Hall–Kier alpha value is -2.46. The molecule has 4 heteroatoms. The van der Waals surface area contributed by atoms with Crippen molar-refractivity contribution in [2.75, 3.05) is 5.32 Å². The molecule has 2 aromatic carbocycles. The summed E-state index contributed by atoms with van der Waals surface area (Å²) in [5, 5.41) is 5.61. The Morgan fingerprint density at radius 3 is 2.60 bits per heavy atom. The van der Waals surface area contributed by atoms with Gasteiger partial charge in [0, 0.05) is 17.4 Å². The van der Waals surface area contributed by atoms with Gasteiger partial charge in [0.25, 0.3) is 0 Å². The number of hydrogen-bond donors (Lipinski definition) is 1. The summed E-state index contributed by atoms with van der Waals surface area (Å²) in [6.07, 6.45) is 4.15. The van der Waals surface area contributed by atoms with Crippen LogP contribution in [0, 0.1) is 0 Å². The largest absolute Gasteiger partial charge is 0.317 e. The first-order chi connectivity index (χ1) is 12.1. The molecular weight excluding hydrogens is 330 g/mol. The van der Waals surface area contributed by atoms with E-state index in [4.69, 9.17) is 0 Å². The Bertz CT molecular complexity index is 981. The van der Waals surface area contributed by atoms with Crippen LogP contribution in [0.2, 0.25) is 0 Å². The molecule has 0 atom stereocenters. The average Bonchev–Trinajstić information content (AvgIpc) is 2.97. The lowest BCUT2D eigenvalue weighted by Crippen LogP contribution is -2.12. The van der Waals surface area contributed by atoms with Gasteiger partial charge in [-0.15, -0.1) is 11.3 Å². The minimum Gasteiger partial charge on any atom is -0.317 e. The average molecular weight is 349 g/mol. The molecule has 1 aromatic heterocycles. The van der Waals surface area contributed by atoms with Crippen molar-refractivity contribution in [2.45, 2.75) is 32.6 Å². The Morgan fingerprint density at radius 2 is 1.76 bits per heavy atom. The third-order valence-corrected chi connectivity index (χ3v) is 5.93. The van der Waals surface area contributed by atoms with Gasteiger partial charge in [0.1, 0.15) is 5.00 Å². The third-order valence-electron chi connectivity index (χ3n) is 4.72. The van der Waals surface area contributed by atoms with Gasteiger partial charge < -0.3 is 5.32 Å². The van der Waals surface area contributed by atoms with Crippen LogP contribution in [0.3, 0.4) is 0 Å². The normalized spacial score (nSPS) is 13.5. The Morgan fingerprint density at radius 1 is 1.00 bits per heavy atom. The Kier molecular flexibility index (Phi) is 4.14. The zero-order valence-electron chi connectivity index (χ0n) is 14.1. The topological polar surface area (TPSA) is 46.2 Å². The molecular formula is C21H19NO2S. The van der Waals surface area contributed by atoms with E-state index in [1.54, 1.807) is 11.3 Å². The van der Waals surface area contributed by atoms with Gasteiger partial charge in [-0.3, -0.25) is 9.59 Å². The van der Waals surface area contributed by atoms with Gasteiger partial charge in [-0.2, -0.15) is 0 Å². The number of anilines is 1. The van der Waals surface area contributed by atoms with E-state index in [0.717, 1.165) is 42.0 Å². The van der Waals surface area contributed by atoms with Crippen molar-refractivity contribution in [3.05, 3.63) is 64.0 Å². The molecule has 3 aromatic rings. The lowest BCUT2D eigenvalue weighted by Gasteiger charge is -2.13. The van der Waals surface area contributed by atoms with Gasteiger partial charge in [-0.05, 0) is 42.0 Å². The first kappa shape index (κ1) is 16.0. The number of rotatable bonds is 3. The lowest BCUT2D eigenvalue weighted by molar-refractivity contribution is -0.114. The highest BCUT2D eigenvalue weighted by atomic mass is 32.1. The van der Waals surface area contributed by atoms with E-state index in [9.17, 15) is 9.59 Å². The summed E-state index contributed by atoms with van der Waals surface area (Å²) < 4.78 is 0. The van der Waals surface area contributed by atoms with Gasteiger partial charge in [-0.1, -0.05) is 42.5 Å². The number of hydrogen-bond acceptors (Lipinski definition) is 3. The summed E-state index contributed by atoms with van der Waals surface area (Å²) >= 11 is 1.57. The number of ketones is 1. The second-order valence-electron chi connectivity index (χ2n) is 6.45. The fraction of sp³-hybridized carbons (Fsp3) is 0.238. The molecule has 1 aliphatic rings. The van der Waals surface area contributed by atoms with E-state index in [1.807, 2.05) is 42.5 Å². The molecule has 1 N–H and O–H groups in total. The van der Waals surface area contributed by atoms with E-state index >= 15 is 0 Å². The number of carbonyl (C=O) groups excluding carboxylic acids is 2.